The molecule has 0 atom stereocenters. The molecular formula is C35H31N5O3. The summed E-state index contributed by atoms with van der Waals surface area (Å²) in [6.45, 7) is 1.21. The van der Waals surface area contributed by atoms with Crippen molar-refractivity contribution in [2.24, 2.45) is 7.05 Å². The molecule has 3 aromatic heterocycles. The zero-order valence-electron chi connectivity index (χ0n) is 23.8. The van der Waals surface area contributed by atoms with Crippen molar-refractivity contribution in [3.63, 3.8) is 0 Å². The van der Waals surface area contributed by atoms with Crippen LogP contribution < -0.4 is 9.64 Å². The molecule has 8 heteroatoms. The molecule has 0 amide bonds. The molecule has 0 aliphatic heterocycles. The Morgan fingerprint density at radius 2 is 1.67 bits per heavy atom. The minimum absolute atomic E-state index is 0.148. The van der Waals surface area contributed by atoms with Gasteiger partial charge in [0.25, 0.3) is 0 Å². The molecule has 0 spiro atoms. The number of aromatic amines is 1. The van der Waals surface area contributed by atoms with Crippen molar-refractivity contribution in [1.29, 1.82) is 0 Å². The number of aromatic nitrogens is 4. The van der Waals surface area contributed by atoms with Crippen molar-refractivity contribution in [2.75, 3.05) is 4.90 Å². The van der Waals surface area contributed by atoms with Gasteiger partial charge in [-0.1, -0.05) is 66.7 Å². The molecule has 6 aromatic rings. The molecule has 1 aliphatic rings. The number of rotatable bonds is 10. The number of anilines is 1. The average molecular weight is 570 g/mol. The second-order valence-corrected chi connectivity index (χ2v) is 11.0. The highest BCUT2D eigenvalue weighted by atomic mass is 16.5. The highest BCUT2D eigenvalue weighted by Crippen LogP contribution is 2.40. The topological polar surface area (TPSA) is 96.3 Å². The highest BCUT2D eigenvalue weighted by Gasteiger charge is 2.27. The zero-order chi connectivity index (χ0) is 29.3. The molecule has 7 rings (SSSR count). The summed E-state index contributed by atoms with van der Waals surface area (Å²) in [6.07, 6.45) is 7.38. The number of nitrogens with one attached hydrogen (secondary N) is 1. The van der Waals surface area contributed by atoms with Crippen molar-refractivity contribution >= 4 is 22.7 Å². The van der Waals surface area contributed by atoms with E-state index in [4.69, 9.17) is 9.72 Å². The van der Waals surface area contributed by atoms with Gasteiger partial charge >= 0.3 is 5.97 Å². The minimum atomic E-state index is -1.02. The number of carbonyl (C=O) groups is 1. The lowest BCUT2D eigenvalue weighted by Crippen LogP contribution is -2.23. The third-order valence-corrected chi connectivity index (χ3v) is 7.78. The summed E-state index contributed by atoms with van der Waals surface area (Å²) in [5, 5.41) is 10.7. The van der Waals surface area contributed by atoms with Gasteiger partial charge < -0.3 is 24.3 Å². The molecule has 0 saturated heterocycles. The van der Waals surface area contributed by atoms with Crippen molar-refractivity contribution in [1.82, 2.24) is 19.5 Å². The summed E-state index contributed by atoms with van der Waals surface area (Å²) >= 11 is 0. The van der Waals surface area contributed by atoms with E-state index in [0.717, 1.165) is 52.4 Å². The fourth-order valence-corrected chi connectivity index (χ4v) is 5.46. The largest absolute Gasteiger partial charge is 0.490 e. The molecule has 0 radical (unpaired) electrons. The van der Waals surface area contributed by atoms with E-state index >= 15 is 0 Å². The number of imidazole rings is 1. The van der Waals surface area contributed by atoms with Crippen molar-refractivity contribution in [2.45, 2.75) is 32.0 Å². The van der Waals surface area contributed by atoms with Gasteiger partial charge in [0.15, 0.2) is 5.82 Å². The standard InChI is InChI=1S/C35H31N5O3/c1-39-17-16-36-33(39)25-12-15-27(31(18-25)43-26-13-14-26)30-19-28-29(35(41)42)20-37-34(32(28)38-30)40(21-23-8-4-2-5-9-23)22-24-10-6-3-7-11-24/h2-12,15-20,26,38H,13-14,21-22H2,1H3,(H,41,42). The first kappa shape index (κ1) is 26.5. The Bertz CT molecular complexity index is 1870. The number of H-pyrrole nitrogens is 1. The first-order valence-electron chi connectivity index (χ1n) is 14.4. The van der Waals surface area contributed by atoms with Gasteiger partial charge in [-0.15, -0.1) is 0 Å². The number of carboxylic acid groups (broad SMARTS) is 1. The van der Waals surface area contributed by atoms with Gasteiger partial charge in [0.2, 0.25) is 0 Å². The maximum Gasteiger partial charge on any atom is 0.337 e. The Hall–Kier alpha value is -5.37. The Morgan fingerprint density at radius 3 is 2.28 bits per heavy atom. The summed E-state index contributed by atoms with van der Waals surface area (Å²) in [5.41, 5.74) is 5.67. The molecule has 1 fully saturated rings. The van der Waals surface area contributed by atoms with E-state index in [9.17, 15) is 9.90 Å². The Balaban J connectivity index is 1.36. The molecule has 2 N–H and O–H groups in total. The van der Waals surface area contributed by atoms with Crippen LogP contribution in [0, 0.1) is 0 Å². The van der Waals surface area contributed by atoms with Crippen LogP contribution in [0.1, 0.15) is 34.3 Å². The van der Waals surface area contributed by atoms with Crippen molar-refractivity contribution in [3.05, 3.63) is 120 Å². The van der Waals surface area contributed by atoms with Crippen LogP contribution in [-0.2, 0) is 20.1 Å². The highest BCUT2D eigenvalue weighted by molar-refractivity contribution is 6.07. The molecule has 214 valence electrons. The second-order valence-electron chi connectivity index (χ2n) is 11.0. The Morgan fingerprint density at radius 1 is 0.977 bits per heavy atom. The van der Waals surface area contributed by atoms with E-state index < -0.39 is 5.97 Å². The van der Waals surface area contributed by atoms with E-state index in [-0.39, 0.29) is 11.7 Å². The Labute approximate surface area is 249 Å². The van der Waals surface area contributed by atoms with Crippen LogP contribution >= 0.6 is 0 Å². The lowest BCUT2D eigenvalue weighted by molar-refractivity contribution is 0.0698. The van der Waals surface area contributed by atoms with Crippen LogP contribution in [0.5, 0.6) is 5.75 Å². The smallest absolute Gasteiger partial charge is 0.337 e. The van der Waals surface area contributed by atoms with E-state index in [2.05, 4.69) is 39.1 Å². The molecule has 3 heterocycles. The van der Waals surface area contributed by atoms with E-state index in [1.165, 1.54) is 6.20 Å². The number of aromatic carboxylic acids is 1. The maximum absolute atomic E-state index is 12.4. The van der Waals surface area contributed by atoms with Gasteiger partial charge in [0.1, 0.15) is 11.6 Å². The number of hydrogen-bond acceptors (Lipinski definition) is 5. The number of aryl methyl sites for hydroxylation is 1. The summed E-state index contributed by atoms with van der Waals surface area (Å²) in [6, 6.07) is 28.4. The summed E-state index contributed by atoms with van der Waals surface area (Å²) < 4.78 is 8.38. The maximum atomic E-state index is 12.4. The Kier molecular flexibility index (Phi) is 6.87. The quantitative estimate of drug-likeness (QED) is 0.183. The van der Waals surface area contributed by atoms with Gasteiger partial charge in [-0.05, 0) is 42.2 Å². The van der Waals surface area contributed by atoms with Crippen LogP contribution in [0.4, 0.5) is 5.82 Å². The number of pyridine rings is 1. The first-order valence-corrected chi connectivity index (χ1v) is 14.4. The lowest BCUT2D eigenvalue weighted by Gasteiger charge is -2.25. The van der Waals surface area contributed by atoms with Crippen LogP contribution in [0.25, 0.3) is 33.5 Å². The minimum Gasteiger partial charge on any atom is -0.490 e. The second kappa shape index (κ2) is 11.1. The average Bonchev–Trinajstić information content (AvgIpc) is 3.55. The number of carboxylic acids is 1. The molecule has 1 aliphatic carbocycles. The van der Waals surface area contributed by atoms with Gasteiger partial charge in [-0.25, -0.2) is 14.8 Å². The van der Waals surface area contributed by atoms with E-state index in [1.54, 1.807) is 6.20 Å². The molecule has 0 unspecified atom stereocenters. The SMILES string of the molecule is Cn1ccnc1-c1ccc(-c2cc3c(C(=O)O)cnc(N(Cc4ccccc4)Cc4ccccc4)c3[nH]2)c(OC2CC2)c1. The van der Waals surface area contributed by atoms with Crippen molar-refractivity contribution in [3.8, 4) is 28.4 Å². The third kappa shape index (κ3) is 5.47. The molecule has 0 bridgehead atoms. The van der Waals surface area contributed by atoms with Gasteiger partial charge in [0, 0.05) is 55.2 Å². The molecular weight excluding hydrogens is 538 g/mol. The third-order valence-electron chi connectivity index (χ3n) is 7.78. The van der Waals surface area contributed by atoms with Crippen LogP contribution in [0.3, 0.4) is 0 Å². The van der Waals surface area contributed by atoms with Crippen LogP contribution in [0.2, 0.25) is 0 Å². The number of benzene rings is 3. The van der Waals surface area contributed by atoms with Crippen LogP contribution in [-0.4, -0.2) is 36.7 Å². The summed E-state index contributed by atoms with van der Waals surface area (Å²) in [7, 11) is 1.97. The van der Waals surface area contributed by atoms with Crippen LogP contribution in [0.15, 0.2) is 104 Å². The molecule has 8 nitrogen and oxygen atoms in total. The van der Waals surface area contributed by atoms with Gasteiger partial charge in [-0.3, -0.25) is 0 Å². The first-order chi connectivity index (χ1) is 21.0. The van der Waals surface area contributed by atoms with Gasteiger partial charge in [0.05, 0.1) is 22.9 Å². The monoisotopic (exact) mass is 569 g/mol. The molecule has 3 aromatic carbocycles. The molecule has 43 heavy (non-hydrogen) atoms. The van der Waals surface area contributed by atoms with E-state index in [1.807, 2.05) is 78.5 Å². The number of nitrogens with zero attached hydrogens (tertiary/aromatic N) is 4. The fourth-order valence-electron chi connectivity index (χ4n) is 5.46. The summed E-state index contributed by atoms with van der Waals surface area (Å²) in [5.74, 6) is 1.26. The lowest BCUT2D eigenvalue weighted by atomic mass is 10.1. The van der Waals surface area contributed by atoms with E-state index in [0.29, 0.717) is 29.8 Å². The van der Waals surface area contributed by atoms with Gasteiger partial charge in [-0.2, -0.15) is 0 Å². The normalized spacial score (nSPS) is 12.9. The predicted molar refractivity (Wildman–Crippen MR) is 167 cm³/mol. The molecule has 1 saturated carbocycles. The predicted octanol–water partition coefficient (Wildman–Crippen LogP) is 7.08. The number of fused-ring (bicyclic) bond motifs is 1. The number of hydrogen-bond donors (Lipinski definition) is 2. The van der Waals surface area contributed by atoms with Crippen molar-refractivity contribution < 1.29 is 14.6 Å². The number of ether oxygens (including phenoxy) is 1. The summed E-state index contributed by atoms with van der Waals surface area (Å²) in [4.78, 5) is 27.3. The fraction of sp³-hybridized carbons (Fsp3) is 0.171. The zero-order valence-corrected chi connectivity index (χ0v) is 23.8.